The van der Waals surface area contributed by atoms with E-state index >= 15 is 0 Å². The van der Waals surface area contributed by atoms with E-state index in [1.165, 1.54) is 24.5 Å². The second-order valence-electron chi connectivity index (χ2n) is 6.30. The topological polar surface area (TPSA) is 62.7 Å². The number of likely N-dealkylation sites (tertiary alicyclic amines) is 1. The molecule has 0 N–H and O–H groups in total. The Morgan fingerprint density at radius 2 is 2.04 bits per heavy atom. The summed E-state index contributed by atoms with van der Waals surface area (Å²) in [5.74, 6) is -1.94. The van der Waals surface area contributed by atoms with Crippen molar-refractivity contribution < 1.29 is 27.5 Å². The van der Waals surface area contributed by atoms with Crippen molar-refractivity contribution in [2.75, 3.05) is 31.2 Å². The highest BCUT2D eigenvalue weighted by Gasteiger charge is 2.46. The molecule has 0 unspecified atom stereocenters. The third kappa shape index (κ3) is 5.92. The van der Waals surface area contributed by atoms with Crippen LogP contribution in [0.25, 0.3) is 0 Å². The summed E-state index contributed by atoms with van der Waals surface area (Å²) in [5, 5.41) is 0. The van der Waals surface area contributed by atoms with Gasteiger partial charge in [0.25, 0.3) is 0 Å². The standard InChI is InChI=1S/C18H24F3N3O3/c1-2-27-12-4-6-16(25)23-10-7-14(8-11-23)24(17(26)18(19,20)21)15-5-3-9-22-13-15/h3,5,9,13-14H,2,4,6-8,10-12H2,1H3. The molecule has 2 heterocycles. The van der Waals surface area contributed by atoms with Crippen LogP contribution >= 0.6 is 0 Å². The van der Waals surface area contributed by atoms with Crippen LogP contribution in [0.15, 0.2) is 24.5 Å². The van der Waals surface area contributed by atoms with Gasteiger partial charge in [0.15, 0.2) is 0 Å². The van der Waals surface area contributed by atoms with E-state index in [0.717, 1.165) is 4.90 Å². The molecule has 0 atom stereocenters. The Balaban J connectivity index is 2.00. The summed E-state index contributed by atoms with van der Waals surface area (Å²) in [6.07, 6.45) is -0.762. The van der Waals surface area contributed by atoms with Gasteiger partial charge in [0.2, 0.25) is 5.91 Å². The van der Waals surface area contributed by atoms with Gasteiger partial charge in [0, 0.05) is 45.0 Å². The van der Waals surface area contributed by atoms with Crippen LogP contribution in [0, 0.1) is 0 Å². The summed E-state index contributed by atoms with van der Waals surface area (Å²) in [6.45, 7) is 3.62. The molecule has 9 heteroatoms. The minimum Gasteiger partial charge on any atom is -0.382 e. The summed E-state index contributed by atoms with van der Waals surface area (Å²) < 4.78 is 44.4. The molecular formula is C18H24F3N3O3. The second kappa shape index (κ2) is 9.68. The molecule has 1 aliphatic heterocycles. The lowest BCUT2D eigenvalue weighted by molar-refractivity contribution is -0.171. The molecule has 1 fully saturated rings. The molecule has 0 aromatic carbocycles. The molecule has 1 aromatic heterocycles. The number of alkyl halides is 3. The molecule has 2 amide bonds. The number of hydrogen-bond acceptors (Lipinski definition) is 4. The van der Waals surface area contributed by atoms with Crippen LogP contribution in [0.1, 0.15) is 32.6 Å². The van der Waals surface area contributed by atoms with Crippen molar-refractivity contribution in [3.05, 3.63) is 24.5 Å². The number of carbonyl (C=O) groups excluding carboxylic acids is 2. The van der Waals surface area contributed by atoms with E-state index in [1.807, 2.05) is 6.92 Å². The highest BCUT2D eigenvalue weighted by Crippen LogP contribution is 2.29. The average molecular weight is 387 g/mol. The molecule has 0 radical (unpaired) electrons. The highest BCUT2D eigenvalue weighted by atomic mass is 19.4. The van der Waals surface area contributed by atoms with Crippen LogP contribution in [-0.2, 0) is 14.3 Å². The van der Waals surface area contributed by atoms with Gasteiger partial charge in [-0.1, -0.05) is 0 Å². The second-order valence-corrected chi connectivity index (χ2v) is 6.30. The lowest BCUT2D eigenvalue weighted by atomic mass is 10.0. The molecule has 1 saturated heterocycles. The number of pyridine rings is 1. The molecular weight excluding hydrogens is 363 g/mol. The van der Waals surface area contributed by atoms with E-state index in [-0.39, 0.29) is 24.4 Å². The molecule has 27 heavy (non-hydrogen) atoms. The Kier molecular flexibility index (Phi) is 7.58. The van der Waals surface area contributed by atoms with E-state index < -0.39 is 18.1 Å². The Morgan fingerprint density at radius 3 is 2.59 bits per heavy atom. The van der Waals surface area contributed by atoms with Gasteiger partial charge in [-0.25, -0.2) is 0 Å². The van der Waals surface area contributed by atoms with Gasteiger partial charge >= 0.3 is 12.1 Å². The first kappa shape index (κ1) is 21.1. The van der Waals surface area contributed by atoms with Gasteiger partial charge in [-0.05, 0) is 38.3 Å². The number of anilines is 1. The van der Waals surface area contributed by atoms with Crippen LogP contribution in [0.3, 0.4) is 0 Å². The summed E-state index contributed by atoms with van der Waals surface area (Å²) in [4.78, 5) is 30.4. The molecule has 0 spiro atoms. The number of aromatic nitrogens is 1. The monoisotopic (exact) mass is 387 g/mol. The summed E-state index contributed by atoms with van der Waals surface area (Å²) in [6, 6.07) is 2.29. The smallest absolute Gasteiger partial charge is 0.382 e. The van der Waals surface area contributed by atoms with Gasteiger partial charge in [0.05, 0.1) is 11.9 Å². The minimum absolute atomic E-state index is 0.0387. The summed E-state index contributed by atoms with van der Waals surface area (Å²) in [5.41, 5.74) is 0.112. The van der Waals surface area contributed by atoms with Crippen molar-refractivity contribution in [2.45, 2.75) is 44.8 Å². The molecule has 0 saturated carbocycles. The van der Waals surface area contributed by atoms with E-state index in [2.05, 4.69) is 4.98 Å². The molecule has 0 aliphatic carbocycles. The Morgan fingerprint density at radius 1 is 1.33 bits per heavy atom. The zero-order valence-corrected chi connectivity index (χ0v) is 15.2. The van der Waals surface area contributed by atoms with Gasteiger partial charge in [0.1, 0.15) is 0 Å². The van der Waals surface area contributed by atoms with Gasteiger partial charge in [-0.3, -0.25) is 19.5 Å². The maximum Gasteiger partial charge on any atom is 0.471 e. The minimum atomic E-state index is -4.97. The average Bonchev–Trinajstić information content (AvgIpc) is 2.66. The number of ether oxygens (including phenoxy) is 1. The van der Waals surface area contributed by atoms with Crippen molar-refractivity contribution in [3.63, 3.8) is 0 Å². The molecule has 6 nitrogen and oxygen atoms in total. The third-order valence-electron chi connectivity index (χ3n) is 4.45. The Hall–Kier alpha value is -2.16. The summed E-state index contributed by atoms with van der Waals surface area (Å²) >= 11 is 0. The van der Waals surface area contributed by atoms with Crippen molar-refractivity contribution >= 4 is 17.5 Å². The fourth-order valence-corrected chi connectivity index (χ4v) is 3.13. The van der Waals surface area contributed by atoms with E-state index in [0.29, 0.717) is 39.1 Å². The highest BCUT2D eigenvalue weighted by molar-refractivity contribution is 5.97. The van der Waals surface area contributed by atoms with Crippen molar-refractivity contribution in [3.8, 4) is 0 Å². The van der Waals surface area contributed by atoms with Crippen LogP contribution in [0.5, 0.6) is 0 Å². The SMILES string of the molecule is CCOCCCC(=O)N1CCC(N(C(=O)C(F)(F)F)c2cccnc2)CC1. The first-order valence-corrected chi connectivity index (χ1v) is 9.00. The molecule has 0 bridgehead atoms. The normalized spacial score (nSPS) is 15.6. The van der Waals surface area contributed by atoms with Crippen molar-refractivity contribution in [2.24, 2.45) is 0 Å². The largest absolute Gasteiger partial charge is 0.471 e. The van der Waals surface area contributed by atoms with E-state index in [1.54, 1.807) is 4.90 Å². The number of hydrogen-bond donors (Lipinski definition) is 0. The van der Waals surface area contributed by atoms with Crippen molar-refractivity contribution in [1.29, 1.82) is 0 Å². The number of carbonyl (C=O) groups is 2. The third-order valence-corrected chi connectivity index (χ3v) is 4.45. The predicted octanol–water partition coefficient (Wildman–Crippen LogP) is 2.78. The lowest BCUT2D eigenvalue weighted by Gasteiger charge is -2.38. The van der Waals surface area contributed by atoms with E-state index in [4.69, 9.17) is 4.74 Å². The molecule has 150 valence electrons. The quantitative estimate of drug-likeness (QED) is 0.675. The lowest BCUT2D eigenvalue weighted by Crippen LogP contribution is -2.52. The van der Waals surface area contributed by atoms with Crippen LogP contribution in [-0.4, -0.2) is 60.2 Å². The zero-order valence-electron chi connectivity index (χ0n) is 15.2. The maximum absolute atomic E-state index is 13.1. The molecule has 2 rings (SSSR count). The van der Waals surface area contributed by atoms with Crippen LogP contribution in [0.2, 0.25) is 0 Å². The Bertz CT molecular complexity index is 617. The van der Waals surface area contributed by atoms with Gasteiger partial charge in [-0.15, -0.1) is 0 Å². The fraction of sp³-hybridized carbons (Fsp3) is 0.611. The van der Waals surface area contributed by atoms with Gasteiger partial charge in [-0.2, -0.15) is 13.2 Å². The number of nitrogens with zero attached hydrogens (tertiary/aromatic N) is 3. The van der Waals surface area contributed by atoms with Gasteiger partial charge < -0.3 is 9.64 Å². The molecule has 1 aromatic rings. The van der Waals surface area contributed by atoms with Crippen LogP contribution in [0.4, 0.5) is 18.9 Å². The van der Waals surface area contributed by atoms with Crippen molar-refractivity contribution in [1.82, 2.24) is 9.88 Å². The maximum atomic E-state index is 13.1. The number of halogens is 3. The number of rotatable bonds is 7. The van der Waals surface area contributed by atoms with E-state index in [9.17, 15) is 22.8 Å². The molecule has 1 aliphatic rings. The van der Waals surface area contributed by atoms with Crippen LogP contribution < -0.4 is 4.90 Å². The fourth-order valence-electron chi connectivity index (χ4n) is 3.13. The first-order valence-electron chi connectivity index (χ1n) is 9.00. The summed E-state index contributed by atoms with van der Waals surface area (Å²) in [7, 11) is 0. The first-order chi connectivity index (χ1) is 12.8. The Labute approximate surface area is 156 Å². The zero-order chi connectivity index (χ0) is 19.9. The number of piperidine rings is 1. The number of amides is 2. The predicted molar refractivity (Wildman–Crippen MR) is 93.1 cm³/mol.